The molecule has 2 heterocycles. The van der Waals surface area contributed by atoms with Crippen LogP contribution in [0.2, 0.25) is 0 Å². The minimum Gasteiger partial charge on any atom is -0.481 e. The fourth-order valence-corrected chi connectivity index (χ4v) is 1.79. The number of pyridine rings is 1. The van der Waals surface area contributed by atoms with Gasteiger partial charge in [-0.25, -0.2) is 0 Å². The molecule has 0 saturated heterocycles. The van der Waals surface area contributed by atoms with Crippen molar-refractivity contribution in [3.05, 3.63) is 29.7 Å². The van der Waals surface area contributed by atoms with Crippen molar-refractivity contribution in [2.45, 2.75) is 13.3 Å². The van der Waals surface area contributed by atoms with Gasteiger partial charge in [-0.15, -0.1) is 0 Å². The molecule has 2 rings (SSSR count). The number of carbonyl (C=O) groups is 2. The molecule has 0 fully saturated rings. The number of nitrogens with one attached hydrogen (secondary N) is 1. The van der Waals surface area contributed by atoms with E-state index >= 15 is 0 Å². The lowest BCUT2D eigenvalue weighted by molar-refractivity contribution is -0.136. The van der Waals surface area contributed by atoms with Crippen molar-refractivity contribution in [2.24, 2.45) is 0 Å². The maximum absolute atomic E-state index is 11.5. The smallest absolute Gasteiger partial charge is 0.309 e. The molecule has 0 amide bonds. The van der Waals surface area contributed by atoms with Crippen LogP contribution >= 0.6 is 0 Å². The molecule has 2 aromatic heterocycles. The van der Waals surface area contributed by atoms with Gasteiger partial charge in [0.05, 0.1) is 18.1 Å². The van der Waals surface area contributed by atoms with Crippen molar-refractivity contribution in [3.63, 3.8) is 0 Å². The summed E-state index contributed by atoms with van der Waals surface area (Å²) in [6, 6.07) is 1.70. The Balaban J connectivity index is 2.68. The summed E-state index contributed by atoms with van der Waals surface area (Å²) in [4.78, 5) is 29.0. The largest absolute Gasteiger partial charge is 0.481 e. The SMILES string of the molecule is CC(=O)c1c(CC(=O)O)[nH]c2cnccc12. The van der Waals surface area contributed by atoms with Gasteiger partial charge >= 0.3 is 5.97 Å². The molecule has 0 atom stereocenters. The Bertz CT molecular complexity index is 572. The van der Waals surface area contributed by atoms with Crippen molar-refractivity contribution < 1.29 is 14.7 Å². The molecule has 0 aromatic carbocycles. The molecule has 0 unspecified atom stereocenters. The van der Waals surface area contributed by atoms with Crippen LogP contribution in [-0.4, -0.2) is 26.8 Å². The Hall–Kier alpha value is -2.17. The first-order valence-electron chi connectivity index (χ1n) is 4.77. The minimum atomic E-state index is -0.970. The Kier molecular flexibility index (Phi) is 2.44. The first-order valence-corrected chi connectivity index (χ1v) is 4.77. The summed E-state index contributed by atoms with van der Waals surface area (Å²) in [5.74, 6) is -1.12. The number of aromatic amines is 1. The molecule has 2 aromatic rings. The van der Waals surface area contributed by atoms with E-state index in [4.69, 9.17) is 5.11 Å². The predicted molar refractivity (Wildman–Crippen MR) is 57.4 cm³/mol. The Morgan fingerprint density at radius 2 is 2.25 bits per heavy atom. The molecule has 0 spiro atoms. The van der Waals surface area contributed by atoms with Crippen LogP contribution < -0.4 is 0 Å². The Morgan fingerprint density at radius 1 is 1.50 bits per heavy atom. The van der Waals surface area contributed by atoms with E-state index in [1.54, 1.807) is 18.5 Å². The average molecular weight is 218 g/mol. The molecule has 0 aliphatic carbocycles. The molecule has 0 saturated carbocycles. The first-order chi connectivity index (χ1) is 7.59. The lowest BCUT2D eigenvalue weighted by Gasteiger charge is -1.97. The summed E-state index contributed by atoms with van der Waals surface area (Å²) in [5.41, 5.74) is 1.56. The third kappa shape index (κ3) is 1.67. The van der Waals surface area contributed by atoms with Gasteiger partial charge in [-0.05, 0) is 13.0 Å². The van der Waals surface area contributed by atoms with Crippen LogP contribution in [0.4, 0.5) is 0 Å². The number of nitrogens with zero attached hydrogens (tertiary/aromatic N) is 1. The lowest BCUT2D eigenvalue weighted by atomic mass is 10.1. The van der Waals surface area contributed by atoms with Gasteiger partial charge in [-0.1, -0.05) is 0 Å². The molecule has 2 N–H and O–H groups in total. The number of carbonyl (C=O) groups excluding carboxylic acids is 1. The zero-order chi connectivity index (χ0) is 11.7. The topological polar surface area (TPSA) is 83.0 Å². The average Bonchev–Trinajstić information content (AvgIpc) is 2.53. The molecular formula is C11H10N2O3. The quantitative estimate of drug-likeness (QED) is 0.762. The number of ketones is 1. The summed E-state index contributed by atoms with van der Waals surface area (Å²) in [7, 11) is 0. The maximum atomic E-state index is 11.5. The van der Waals surface area contributed by atoms with Gasteiger partial charge in [0.2, 0.25) is 0 Å². The number of rotatable bonds is 3. The van der Waals surface area contributed by atoms with Crippen LogP contribution in [0.15, 0.2) is 18.5 Å². The van der Waals surface area contributed by atoms with E-state index in [0.29, 0.717) is 16.8 Å². The number of hydrogen-bond donors (Lipinski definition) is 2. The minimum absolute atomic E-state index is 0.145. The van der Waals surface area contributed by atoms with Gasteiger partial charge in [0.15, 0.2) is 5.78 Å². The van der Waals surface area contributed by atoms with E-state index in [0.717, 1.165) is 5.39 Å². The number of aliphatic carboxylic acids is 1. The van der Waals surface area contributed by atoms with E-state index in [2.05, 4.69) is 9.97 Å². The molecule has 5 heteroatoms. The van der Waals surface area contributed by atoms with Crippen molar-refractivity contribution in [2.75, 3.05) is 0 Å². The second-order valence-corrected chi connectivity index (χ2v) is 3.53. The summed E-state index contributed by atoms with van der Waals surface area (Å²) in [5, 5.41) is 9.47. The monoisotopic (exact) mass is 218 g/mol. The van der Waals surface area contributed by atoms with Gasteiger partial charge < -0.3 is 10.1 Å². The van der Waals surface area contributed by atoms with Crippen molar-refractivity contribution in [3.8, 4) is 0 Å². The summed E-state index contributed by atoms with van der Waals surface area (Å²) in [6.45, 7) is 1.42. The summed E-state index contributed by atoms with van der Waals surface area (Å²) >= 11 is 0. The van der Waals surface area contributed by atoms with E-state index in [1.807, 2.05) is 0 Å². The van der Waals surface area contributed by atoms with Gasteiger partial charge in [-0.2, -0.15) is 0 Å². The highest BCUT2D eigenvalue weighted by molar-refractivity contribution is 6.08. The number of Topliss-reactive ketones (excluding diaryl/α,β-unsaturated/α-hetero) is 1. The Labute approximate surface area is 91.1 Å². The second kappa shape index (κ2) is 3.77. The van der Waals surface area contributed by atoms with Crippen LogP contribution in [0.3, 0.4) is 0 Å². The van der Waals surface area contributed by atoms with Gasteiger partial charge in [0.25, 0.3) is 0 Å². The van der Waals surface area contributed by atoms with Crippen LogP contribution in [-0.2, 0) is 11.2 Å². The number of carboxylic acid groups (broad SMARTS) is 1. The summed E-state index contributed by atoms with van der Waals surface area (Å²) in [6.07, 6.45) is 2.96. The van der Waals surface area contributed by atoms with Gasteiger partial charge in [0.1, 0.15) is 0 Å². The zero-order valence-corrected chi connectivity index (χ0v) is 8.65. The number of fused-ring (bicyclic) bond motifs is 1. The molecule has 5 nitrogen and oxygen atoms in total. The van der Waals surface area contributed by atoms with Gasteiger partial charge in [0, 0.05) is 22.8 Å². The third-order valence-corrected chi connectivity index (χ3v) is 2.36. The standard InChI is InChI=1S/C11H10N2O3/c1-6(14)11-7-2-3-12-5-9(7)13-8(11)4-10(15)16/h2-3,5,13H,4H2,1H3,(H,15,16). The lowest BCUT2D eigenvalue weighted by Crippen LogP contribution is -2.05. The fraction of sp³-hybridized carbons (Fsp3) is 0.182. The van der Waals surface area contributed by atoms with E-state index < -0.39 is 5.97 Å². The van der Waals surface area contributed by atoms with Crippen LogP contribution in [0, 0.1) is 0 Å². The second-order valence-electron chi connectivity index (χ2n) is 3.53. The van der Waals surface area contributed by atoms with E-state index in [9.17, 15) is 9.59 Å². The zero-order valence-electron chi connectivity index (χ0n) is 8.65. The number of aromatic nitrogens is 2. The number of carboxylic acids is 1. The van der Waals surface area contributed by atoms with Crippen molar-refractivity contribution in [1.82, 2.24) is 9.97 Å². The molecule has 0 radical (unpaired) electrons. The third-order valence-electron chi connectivity index (χ3n) is 2.36. The molecular weight excluding hydrogens is 208 g/mol. The van der Waals surface area contributed by atoms with Crippen molar-refractivity contribution >= 4 is 22.7 Å². The first kappa shape index (κ1) is 10.4. The van der Waals surface area contributed by atoms with Crippen LogP contribution in [0.1, 0.15) is 23.0 Å². The molecule has 0 aliphatic heterocycles. The Morgan fingerprint density at radius 3 is 2.88 bits per heavy atom. The highest BCUT2D eigenvalue weighted by atomic mass is 16.4. The highest BCUT2D eigenvalue weighted by Crippen LogP contribution is 2.22. The van der Waals surface area contributed by atoms with Crippen LogP contribution in [0.5, 0.6) is 0 Å². The highest BCUT2D eigenvalue weighted by Gasteiger charge is 2.16. The normalized spacial score (nSPS) is 10.6. The number of hydrogen-bond acceptors (Lipinski definition) is 3. The molecule has 16 heavy (non-hydrogen) atoms. The predicted octanol–water partition coefficient (Wildman–Crippen LogP) is 1.39. The number of H-pyrrole nitrogens is 1. The molecule has 0 bridgehead atoms. The summed E-state index contributed by atoms with van der Waals surface area (Å²) < 4.78 is 0. The van der Waals surface area contributed by atoms with Gasteiger partial charge in [-0.3, -0.25) is 14.6 Å². The molecule has 0 aliphatic rings. The van der Waals surface area contributed by atoms with E-state index in [1.165, 1.54) is 6.92 Å². The maximum Gasteiger partial charge on any atom is 0.309 e. The van der Waals surface area contributed by atoms with Crippen LogP contribution in [0.25, 0.3) is 10.9 Å². The molecule has 82 valence electrons. The fourth-order valence-electron chi connectivity index (χ4n) is 1.79. The van der Waals surface area contributed by atoms with E-state index in [-0.39, 0.29) is 12.2 Å². The van der Waals surface area contributed by atoms with Crippen molar-refractivity contribution in [1.29, 1.82) is 0 Å².